The summed E-state index contributed by atoms with van der Waals surface area (Å²) >= 11 is 0. The van der Waals surface area contributed by atoms with E-state index in [-0.39, 0.29) is 5.82 Å². The third-order valence-electron chi connectivity index (χ3n) is 7.74. The van der Waals surface area contributed by atoms with Gasteiger partial charge in [-0.05, 0) is 55.6 Å². The number of rotatable bonds is 5. The Kier molecular flexibility index (Phi) is 6.23. The van der Waals surface area contributed by atoms with Crippen molar-refractivity contribution >= 4 is 16.7 Å². The van der Waals surface area contributed by atoms with Gasteiger partial charge in [0.2, 0.25) is 0 Å². The molecular weight excluding hydrogens is 455 g/mol. The Bertz CT molecular complexity index is 1340. The standard InChI is InChI=1S/C28H33FN6O/c1-3-33-6-4-23(5-7-33)35-18-22(16-32-35)25-17-31-28-24(25)13-21(15-30-28)20-12-19(2)27(26(29)14-20)34-8-10-36-11-9-34/h12-18,23H,3-11H2,1-2H3,(H,30,31). The topological polar surface area (TPSA) is 62.2 Å². The molecule has 2 fully saturated rings. The van der Waals surface area contributed by atoms with Gasteiger partial charge in [0, 0.05) is 66.8 Å². The molecule has 5 heterocycles. The van der Waals surface area contributed by atoms with Crippen molar-refractivity contribution in [3.05, 3.63) is 54.4 Å². The highest BCUT2D eigenvalue weighted by molar-refractivity contribution is 5.95. The number of aromatic amines is 1. The molecule has 0 radical (unpaired) electrons. The van der Waals surface area contributed by atoms with E-state index in [0.29, 0.717) is 38.0 Å². The molecule has 2 aliphatic rings. The molecule has 6 rings (SSSR count). The third kappa shape index (κ3) is 4.29. The summed E-state index contributed by atoms with van der Waals surface area (Å²) in [6, 6.07) is 6.24. The minimum Gasteiger partial charge on any atom is -0.378 e. The van der Waals surface area contributed by atoms with Crippen molar-refractivity contribution in [2.45, 2.75) is 32.7 Å². The van der Waals surface area contributed by atoms with Crippen LogP contribution >= 0.6 is 0 Å². The van der Waals surface area contributed by atoms with Gasteiger partial charge in [-0.1, -0.05) is 6.92 Å². The van der Waals surface area contributed by atoms with E-state index in [0.717, 1.165) is 71.3 Å². The first kappa shape index (κ1) is 23.2. The largest absolute Gasteiger partial charge is 0.378 e. The predicted molar refractivity (Wildman–Crippen MR) is 141 cm³/mol. The molecule has 0 saturated carbocycles. The maximum Gasteiger partial charge on any atom is 0.147 e. The fourth-order valence-electron chi connectivity index (χ4n) is 5.67. The molecule has 0 unspecified atom stereocenters. The number of ether oxygens (including phenoxy) is 1. The second kappa shape index (κ2) is 9.67. The summed E-state index contributed by atoms with van der Waals surface area (Å²) in [7, 11) is 0. The lowest BCUT2D eigenvalue weighted by Crippen LogP contribution is -2.37. The van der Waals surface area contributed by atoms with Crippen molar-refractivity contribution in [3.8, 4) is 22.3 Å². The SMILES string of the molecule is CCN1CCC(n2cc(-c3c[nH]c4ncc(-c5cc(C)c(N6CCOCC6)c(F)c5)cc34)cn2)CC1. The normalized spacial score (nSPS) is 17.8. The van der Waals surface area contributed by atoms with E-state index < -0.39 is 0 Å². The molecule has 4 aromatic rings. The predicted octanol–water partition coefficient (Wildman–Crippen LogP) is 5.03. The van der Waals surface area contributed by atoms with Crippen LogP contribution < -0.4 is 4.90 Å². The van der Waals surface area contributed by atoms with Crippen molar-refractivity contribution in [3.63, 3.8) is 0 Å². The maximum absolute atomic E-state index is 15.3. The number of morpholine rings is 1. The van der Waals surface area contributed by atoms with E-state index in [9.17, 15) is 0 Å². The number of hydrogen-bond acceptors (Lipinski definition) is 5. The Hall–Kier alpha value is -3.23. The highest BCUT2D eigenvalue weighted by Crippen LogP contribution is 2.35. The number of fused-ring (bicyclic) bond motifs is 1. The molecule has 0 atom stereocenters. The van der Waals surface area contributed by atoms with Gasteiger partial charge in [0.15, 0.2) is 0 Å². The first-order chi connectivity index (χ1) is 17.6. The van der Waals surface area contributed by atoms with Gasteiger partial charge in [-0.15, -0.1) is 0 Å². The number of H-pyrrole nitrogens is 1. The maximum atomic E-state index is 15.3. The lowest BCUT2D eigenvalue weighted by molar-refractivity contribution is 0.122. The Labute approximate surface area is 210 Å². The van der Waals surface area contributed by atoms with E-state index in [1.807, 2.05) is 25.5 Å². The van der Waals surface area contributed by atoms with E-state index in [4.69, 9.17) is 9.84 Å². The Morgan fingerprint density at radius 2 is 1.83 bits per heavy atom. The number of likely N-dealkylation sites (tertiary alicyclic amines) is 1. The average Bonchev–Trinajstić information content (AvgIpc) is 3.56. The Balaban J connectivity index is 1.30. The lowest BCUT2D eigenvalue weighted by atomic mass is 10.0. The fraction of sp³-hybridized carbons (Fsp3) is 0.429. The van der Waals surface area contributed by atoms with Crippen molar-refractivity contribution in [1.29, 1.82) is 0 Å². The summed E-state index contributed by atoms with van der Waals surface area (Å²) in [6.45, 7) is 10.2. The number of piperidine rings is 1. The van der Waals surface area contributed by atoms with Crippen molar-refractivity contribution in [2.75, 3.05) is 50.8 Å². The van der Waals surface area contributed by atoms with E-state index in [1.54, 1.807) is 6.07 Å². The summed E-state index contributed by atoms with van der Waals surface area (Å²) in [5.41, 5.74) is 6.30. The van der Waals surface area contributed by atoms with Crippen LogP contribution in [0.25, 0.3) is 33.3 Å². The number of pyridine rings is 1. The molecule has 0 aliphatic carbocycles. The van der Waals surface area contributed by atoms with E-state index in [2.05, 4.69) is 49.7 Å². The number of anilines is 1. The molecule has 0 spiro atoms. The number of nitrogens with zero attached hydrogens (tertiary/aromatic N) is 5. The van der Waals surface area contributed by atoms with Crippen molar-refractivity contribution in [2.24, 2.45) is 0 Å². The summed E-state index contributed by atoms with van der Waals surface area (Å²) < 4.78 is 22.8. The van der Waals surface area contributed by atoms with E-state index >= 15 is 4.39 Å². The van der Waals surface area contributed by atoms with Crippen LogP contribution in [0.1, 0.15) is 31.4 Å². The molecule has 1 aromatic carbocycles. The molecule has 188 valence electrons. The van der Waals surface area contributed by atoms with Crippen LogP contribution in [0.15, 0.2) is 43.0 Å². The van der Waals surface area contributed by atoms with Crippen LogP contribution in [0.5, 0.6) is 0 Å². The third-order valence-corrected chi connectivity index (χ3v) is 7.74. The number of aromatic nitrogens is 4. The van der Waals surface area contributed by atoms with Gasteiger partial charge in [0.1, 0.15) is 11.5 Å². The van der Waals surface area contributed by atoms with Gasteiger partial charge in [0.25, 0.3) is 0 Å². The second-order valence-corrected chi connectivity index (χ2v) is 9.92. The smallest absolute Gasteiger partial charge is 0.147 e. The first-order valence-corrected chi connectivity index (χ1v) is 13.0. The Morgan fingerprint density at radius 1 is 1.03 bits per heavy atom. The van der Waals surface area contributed by atoms with Gasteiger partial charge in [-0.25, -0.2) is 9.37 Å². The molecule has 2 aliphatic heterocycles. The molecule has 2 saturated heterocycles. The molecule has 0 amide bonds. The number of benzene rings is 1. The highest BCUT2D eigenvalue weighted by atomic mass is 19.1. The monoisotopic (exact) mass is 488 g/mol. The zero-order valence-corrected chi connectivity index (χ0v) is 21.0. The zero-order chi connectivity index (χ0) is 24.6. The molecule has 1 N–H and O–H groups in total. The number of aryl methyl sites for hydroxylation is 1. The molecular formula is C28H33FN6O. The van der Waals surface area contributed by atoms with Gasteiger partial charge in [0.05, 0.1) is 31.1 Å². The van der Waals surface area contributed by atoms with Crippen LogP contribution in [0.3, 0.4) is 0 Å². The molecule has 36 heavy (non-hydrogen) atoms. The van der Waals surface area contributed by atoms with E-state index in [1.165, 1.54) is 0 Å². The van der Waals surface area contributed by atoms with Crippen LogP contribution in [-0.4, -0.2) is 70.6 Å². The molecule has 0 bridgehead atoms. The summed E-state index contributed by atoms with van der Waals surface area (Å²) in [5.74, 6) is -0.198. The van der Waals surface area contributed by atoms with Crippen LogP contribution in [0.4, 0.5) is 10.1 Å². The fourth-order valence-corrected chi connectivity index (χ4v) is 5.67. The van der Waals surface area contributed by atoms with Crippen molar-refractivity contribution < 1.29 is 9.13 Å². The van der Waals surface area contributed by atoms with Gasteiger partial charge < -0.3 is 19.5 Å². The molecule has 7 nitrogen and oxygen atoms in total. The molecule has 8 heteroatoms. The van der Waals surface area contributed by atoms with Crippen molar-refractivity contribution in [1.82, 2.24) is 24.6 Å². The van der Waals surface area contributed by atoms with Gasteiger partial charge in [-0.2, -0.15) is 5.10 Å². The molecule has 3 aromatic heterocycles. The number of nitrogens with one attached hydrogen (secondary N) is 1. The number of hydrogen-bond donors (Lipinski definition) is 1. The lowest BCUT2D eigenvalue weighted by Gasteiger charge is -2.31. The quantitative estimate of drug-likeness (QED) is 0.427. The summed E-state index contributed by atoms with van der Waals surface area (Å²) in [6.07, 6.45) is 10.2. The summed E-state index contributed by atoms with van der Waals surface area (Å²) in [4.78, 5) is 12.5. The zero-order valence-electron chi connectivity index (χ0n) is 21.0. The minimum absolute atomic E-state index is 0.198. The van der Waals surface area contributed by atoms with Crippen LogP contribution in [-0.2, 0) is 4.74 Å². The summed E-state index contributed by atoms with van der Waals surface area (Å²) in [5, 5.41) is 5.73. The van der Waals surface area contributed by atoms with Gasteiger partial charge >= 0.3 is 0 Å². The Morgan fingerprint density at radius 3 is 2.58 bits per heavy atom. The highest BCUT2D eigenvalue weighted by Gasteiger charge is 2.22. The van der Waals surface area contributed by atoms with Crippen LogP contribution in [0.2, 0.25) is 0 Å². The van der Waals surface area contributed by atoms with Crippen LogP contribution in [0, 0.1) is 12.7 Å². The van der Waals surface area contributed by atoms with Gasteiger partial charge in [-0.3, -0.25) is 4.68 Å². The minimum atomic E-state index is -0.198. The average molecular weight is 489 g/mol. The first-order valence-electron chi connectivity index (χ1n) is 13.0. The number of halogens is 1. The second-order valence-electron chi connectivity index (χ2n) is 9.92.